The van der Waals surface area contributed by atoms with E-state index in [0.29, 0.717) is 41.7 Å². The molecule has 2 rings (SSSR count). The van der Waals surface area contributed by atoms with E-state index in [-0.39, 0.29) is 19.0 Å². The number of hydrogen-bond acceptors (Lipinski definition) is 7. The molecule has 0 radical (unpaired) electrons. The van der Waals surface area contributed by atoms with Crippen LogP contribution >= 0.6 is 0 Å². The van der Waals surface area contributed by atoms with Crippen LogP contribution in [0.3, 0.4) is 0 Å². The summed E-state index contributed by atoms with van der Waals surface area (Å²) < 4.78 is 15.5. The fourth-order valence-electron chi connectivity index (χ4n) is 2.68. The van der Waals surface area contributed by atoms with Crippen molar-refractivity contribution < 1.29 is 33.4 Å². The molecular formula is C25H28O7. The average molecular weight is 440 g/mol. The van der Waals surface area contributed by atoms with Crippen LogP contribution in [-0.4, -0.2) is 43.5 Å². The van der Waals surface area contributed by atoms with Crippen LogP contribution in [0.15, 0.2) is 48.5 Å². The zero-order valence-corrected chi connectivity index (χ0v) is 18.4. The third-order valence-corrected chi connectivity index (χ3v) is 4.62. The fourth-order valence-corrected chi connectivity index (χ4v) is 2.68. The Balaban J connectivity index is 1.65. The van der Waals surface area contributed by atoms with Gasteiger partial charge in [-0.2, -0.15) is 0 Å². The second-order valence-electron chi connectivity index (χ2n) is 7.18. The van der Waals surface area contributed by atoms with Gasteiger partial charge in [0.15, 0.2) is 5.78 Å². The topological polar surface area (TPSA) is 96.0 Å². The maximum Gasteiger partial charge on any atom is 0.338 e. The van der Waals surface area contributed by atoms with E-state index >= 15 is 0 Å². The summed E-state index contributed by atoms with van der Waals surface area (Å²) in [6, 6.07) is 12.4. The lowest BCUT2D eigenvalue weighted by molar-refractivity contribution is 0.0432. The number of hydrogen-bond donors (Lipinski definition) is 0. The molecule has 0 saturated heterocycles. The largest absolute Gasteiger partial charge is 0.462 e. The third kappa shape index (κ3) is 7.98. The van der Waals surface area contributed by atoms with Gasteiger partial charge in [-0.05, 0) is 62.6 Å². The van der Waals surface area contributed by atoms with Gasteiger partial charge in [-0.15, -0.1) is 0 Å². The molecular weight excluding hydrogens is 412 g/mol. The third-order valence-electron chi connectivity index (χ3n) is 4.62. The Morgan fingerprint density at radius 2 is 0.875 bits per heavy atom. The number of carbonyl (C=O) groups is 4. The van der Waals surface area contributed by atoms with Crippen molar-refractivity contribution in [2.75, 3.05) is 19.8 Å². The number of Topliss-reactive ketones (excluding diaryl/α,β-unsaturated/α-hetero) is 1. The molecule has 0 spiro atoms. The van der Waals surface area contributed by atoms with Gasteiger partial charge in [-0.3, -0.25) is 4.79 Å². The van der Waals surface area contributed by atoms with E-state index in [1.165, 1.54) is 31.2 Å². The lowest BCUT2D eigenvalue weighted by Crippen LogP contribution is -2.10. The van der Waals surface area contributed by atoms with Gasteiger partial charge in [-0.25, -0.2) is 14.4 Å². The van der Waals surface area contributed by atoms with Gasteiger partial charge >= 0.3 is 17.9 Å². The molecule has 2 aromatic carbocycles. The van der Waals surface area contributed by atoms with Crippen molar-refractivity contribution in [1.82, 2.24) is 0 Å². The van der Waals surface area contributed by atoms with Gasteiger partial charge in [0.1, 0.15) is 0 Å². The van der Waals surface area contributed by atoms with Crippen LogP contribution in [0.25, 0.3) is 0 Å². The second kappa shape index (κ2) is 13.0. The monoisotopic (exact) mass is 440 g/mol. The Hall–Kier alpha value is -3.48. The molecule has 0 saturated carbocycles. The van der Waals surface area contributed by atoms with Crippen molar-refractivity contribution in [3.63, 3.8) is 0 Å². The van der Waals surface area contributed by atoms with Gasteiger partial charge in [0, 0.05) is 5.56 Å². The van der Waals surface area contributed by atoms with E-state index in [4.69, 9.17) is 14.2 Å². The molecule has 0 aromatic heterocycles. The Morgan fingerprint density at radius 1 is 0.562 bits per heavy atom. The van der Waals surface area contributed by atoms with E-state index in [1.807, 2.05) is 6.92 Å². The second-order valence-corrected chi connectivity index (χ2v) is 7.18. The normalized spacial score (nSPS) is 10.3. The van der Waals surface area contributed by atoms with Crippen molar-refractivity contribution in [1.29, 1.82) is 0 Å². The molecule has 0 aliphatic carbocycles. The van der Waals surface area contributed by atoms with Crippen LogP contribution in [0.5, 0.6) is 0 Å². The number of ether oxygens (including phenoxy) is 3. The Morgan fingerprint density at radius 3 is 1.19 bits per heavy atom. The van der Waals surface area contributed by atoms with Crippen LogP contribution in [0.1, 0.15) is 81.0 Å². The van der Waals surface area contributed by atoms with Crippen molar-refractivity contribution >= 4 is 23.7 Å². The molecule has 0 atom stereocenters. The maximum absolute atomic E-state index is 12.1. The average Bonchev–Trinajstić information content (AvgIpc) is 2.81. The summed E-state index contributed by atoms with van der Waals surface area (Å²) in [5, 5.41) is 0. The maximum atomic E-state index is 12.1. The summed E-state index contributed by atoms with van der Waals surface area (Å²) >= 11 is 0. The molecule has 32 heavy (non-hydrogen) atoms. The van der Waals surface area contributed by atoms with Crippen LogP contribution in [0.4, 0.5) is 0 Å². The molecule has 0 aliphatic heterocycles. The highest BCUT2D eigenvalue weighted by molar-refractivity contribution is 5.96. The summed E-state index contributed by atoms with van der Waals surface area (Å²) in [6.45, 7) is 4.23. The highest BCUT2D eigenvalue weighted by atomic mass is 16.5. The first kappa shape index (κ1) is 24.8. The summed E-state index contributed by atoms with van der Waals surface area (Å²) in [7, 11) is 0. The molecule has 7 nitrogen and oxygen atoms in total. The SMILES string of the molecule is CCCCOC(=O)c1ccc(C(=O)OCCCCOC(=O)c2ccc(C(C)=O)cc2)cc1. The van der Waals surface area contributed by atoms with Crippen molar-refractivity contribution in [3.05, 3.63) is 70.8 Å². The van der Waals surface area contributed by atoms with Crippen molar-refractivity contribution in [3.8, 4) is 0 Å². The first-order valence-corrected chi connectivity index (χ1v) is 10.6. The summed E-state index contributed by atoms with van der Waals surface area (Å²) in [4.78, 5) is 47.2. The van der Waals surface area contributed by atoms with Gasteiger partial charge < -0.3 is 14.2 Å². The Bertz CT molecular complexity index is 914. The Kier molecular flexibility index (Phi) is 10.1. The lowest BCUT2D eigenvalue weighted by Gasteiger charge is -2.07. The summed E-state index contributed by atoms with van der Waals surface area (Å²) in [5.41, 5.74) is 1.63. The first-order valence-electron chi connectivity index (χ1n) is 10.6. The predicted octanol–water partition coefficient (Wildman–Crippen LogP) is 4.64. The first-order chi connectivity index (χ1) is 15.4. The van der Waals surface area contributed by atoms with Gasteiger partial charge in [0.2, 0.25) is 0 Å². The quantitative estimate of drug-likeness (QED) is 0.205. The molecule has 0 heterocycles. The van der Waals surface area contributed by atoms with Gasteiger partial charge in [-0.1, -0.05) is 25.5 Å². The lowest BCUT2D eigenvalue weighted by atomic mass is 10.1. The minimum Gasteiger partial charge on any atom is -0.462 e. The van der Waals surface area contributed by atoms with E-state index < -0.39 is 17.9 Å². The zero-order valence-electron chi connectivity index (χ0n) is 18.4. The number of carbonyl (C=O) groups excluding carboxylic acids is 4. The van der Waals surface area contributed by atoms with E-state index in [9.17, 15) is 19.2 Å². The molecule has 0 N–H and O–H groups in total. The van der Waals surface area contributed by atoms with Gasteiger partial charge in [0.25, 0.3) is 0 Å². The molecule has 0 amide bonds. The van der Waals surface area contributed by atoms with Crippen LogP contribution in [0.2, 0.25) is 0 Å². The number of rotatable bonds is 12. The highest BCUT2D eigenvalue weighted by Crippen LogP contribution is 2.10. The molecule has 7 heteroatoms. The zero-order chi connectivity index (χ0) is 23.3. The fraction of sp³-hybridized carbons (Fsp3) is 0.360. The van der Waals surface area contributed by atoms with E-state index in [1.54, 1.807) is 24.3 Å². The number of benzene rings is 2. The Labute approximate surface area is 187 Å². The molecule has 0 unspecified atom stereocenters. The molecule has 2 aromatic rings. The summed E-state index contributed by atoms with van der Waals surface area (Å²) in [5.74, 6) is -1.44. The van der Waals surface area contributed by atoms with Gasteiger partial charge in [0.05, 0.1) is 36.5 Å². The minimum absolute atomic E-state index is 0.0691. The smallest absolute Gasteiger partial charge is 0.338 e. The highest BCUT2D eigenvalue weighted by Gasteiger charge is 2.11. The molecule has 0 aliphatic rings. The van der Waals surface area contributed by atoms with Crippen LogP contribution < -0.4 is 0 Å². The number of unbranched alkanes of at least 4 members (excludes halogenated alkanes) is 2. The number of ketones is 1. The summed E-state index contributed by atoms with van der Waals surface area (Å²) in [6.07, 6.45) is 2.82. The molecule has 0 bridgehead atoms. The van der Waals surface area contributed by atoms with Crippen molar-refractivity contribution in [2.24, 2.45) is 0 Å². The van der Waals surface area contributed by atoms with E-state index in [2.05, 4.69) is 0 Å². The predicted molar refractivity (Wildman–Crippen MR) is 118 cm³/mol. The number of esters is 3. The minimum atomic E-state index is -0.488. The standard InChI is InChI=1S/C25H28O7/c1-3-4-15-30-23(27)21-11-13-22(14-12-21)25(29)32-17-6-5-16-31-24(28)20-9-7-19(8-10-20)18(2)26/h7-14H,3-6,15-17H2,1-2H3. The van der Waals surface area contributed by atoms with E-state index in [0.717, 1.165) is 12.8 Å². The van der Waals surface area contributed by atoms with Crippen LogP contribution in [0, 0.1) is 0 Å². The molecule has 0 fully saturated rings. The molecule has 170 valence electrons. The van der Waals surface area contributed by atoms with Crippen LogP contribution in [-0.2, 0) is 14.2 Å². The van der Waals surface area contributed by atoms with Crippen molar-refractivity contribution in [2.45, 2.75) is 39.5 Å².